The highest BCUT2D eigenvalue weighted by atomic mass is 32.1. The van der Waals surface area contributed by atoms with E-state index in [1.165, 1.54) is 4.90 Å². The Morgan fingerprint density at radius 3 is 2.45 bits per heavy atom. The van der Waals surface area contributed by atoms with Crippen LogP contribution >= 0.6 is 11.3 Å². The molecule has 0 aliphatic heterocycles. The molecule has 0 aliphatic carbocycles. The molecule has 3 rings (SSSR count). The molecular weight excluding hydrogens is 388 g/mol. The number of nitrogens with zero attached hydrogens (tertiary/aromatic N) is 2. The molecule has 6 nitrogen and oxygen atoms in total. The lowest BCUT2D eigenvalue weighted by atomic mass is 10.1. The zero-order chi connectivity index (χ0) is 21.0. The predicted octanol–water partition coefficient (Wildman–Crippen LogP) is 4.05. The molecule has 0 radical (unpaired) electrons. The maximum Gasteiger partial charge on any atom is 0.344 e. The molecule has 0 fully saturated rings. The molecule has 0 saturated carbocycles. The summed E-state index contributed by atoms with van der Waals surface area (Å²) in [7, 11) is 1.68. The number of thiazole rings is 1. The number of ether oxygens (including phenoxy) is 2. The van der Waals surface area contributed by atoms with Gasteiger partial charge in [0.25, 0.3) is 5.91 Å². The third-order valence-corrected chi connectivity index (χ3v) is 5.95. The van der Waals surface area contributed by atoms with Gasteiger partial charge < -0.3 is 14.4 Å². The molecular formula is C22H24N2O4S. The van der Waals surface area contributed by atoms with Crippen LogP contribution in [0, 0.1) is 13.8 Å². The zero-order valence-electron chi connectivity index (χ0n) is 17.0. The molecule has 1 heterocycles. The molecule has 1 amide bonds. The number of amides is 1. The van der Waals surface area contributed by atoms with E-state index in [0.29, 0.717) is 5.75 Å². The number of hydrogen-bond donors (Lipinski definition) is 0. The van der Waals surface area contributed by atoms with Gasteiger partial charge in [-0.1, -0.05) is 30.3 Å². The molecule has 29 heavy (non-hydrogen) atoms. The summed E-state index contributed by atoms with van der Waals surface area (Å²) in [6.07, 6.45) is 0. The van der Waals surface area contributed by atoms with E-state index in [1.54, 1.807) is 18.4 Å². The van der Waals surface area contributed by atoms with Crippen molar-refractivity contribution in [3.63, 3.8) is 0 Å². The standard InChI is InChI=1S/C22H24N2O4S/c1-14-8-7-9-15(2)21(14)28-13-20(26)27-12-19(25)24(4)16(3)22-23-17-10-5-6-11-18(17)29-22/h5-11,16H,12-13H2,1-4H3/t16-/m1/s1. The summed E-state index contributed by atoms with van der Waals surface area (Å²) in [6.45, 7) is 5.16. The largest absolute Gasteiger partial charge is 0.481 e. The number of hydrogen-bond acceptors (Lipinski definition) is 6. The van der Waals surface area contributed by atoms with E-state index in [9.17, 15) is 9.59 Å². The molecule has 0 spiro atoms. The second-order valence-corrected chi connectivity index (χ2v) is 7.93. The second kappa shape index (κ2) is 9.05. The first-order valence-corrected chi connectivity index (χ1v) is 10.1. The molecule has 0 unspecified atom stereocenters. The minimum absolute atomic E-state index is 0.218. The van der Waals surface area contributed by atoms with Crippen molar-refractivity contribution >= 4 is 33.4 Å². The third kappa shape index (κ3) is 4.92. The summed E-state index contributed by atoms with van der Waals surface area (Å²) in [5.41, 5.74) is 2.80. The molecule has 3 aromatic rings. The van der Waals surface area contributed by atoms with Gasteiger partial charge in [-0.25, -0.2) is 9.78 Å². The molecule has 152 valence electrons. The number of aromatic nitrogens is 1. The quantitative estimate of drug-likeness (QED) is 0.548. The zero-order valence-corrected chi connectivity index (χ0v) is 17.8. The van der Waals surface area contributed by atoms with Gasteiger partial charge in [0.15, 0.2) is 13.2 Å². The summed E-state index contributed by atoms with van der Waals surface area (Å²) in [4.78, 5) is 30.6. The molecule has 0 saturated heterocycles. The Morgan fingerprint density at radius 1 is 1.07 bits per heavy atom. The monoisotopic (exact) mass is 412 g/mol. The fourth-order valence-corrected chi connectivity index (χ4v) is 3.96. The van der Waals surface area contributed by atoms with E-state index >= 15 is 0 Å². The molecule has 0 bridgehead atoms. The van der Waals surface area contributed by atoms with Crippen LogP contribution in [0.1, 0.15) is 29.1 Å². The van der Waals surface area contributed by atoms with E-state index in [2.05, 4.69) is 4.98 Å². The second-order valence-electron chi connectivity index (χ2n) is 6.87. The average Bonchev–Trinajstić information content (AvgIpc) is 3.14. The van der Waals surface area contributed by atoms with Gasteiger partial charge in [-0.05, 0) is 44.0 Å². The predicted molar refractivity (Wildman–Crippen MR) is 113 cm³/mol. The van der Waals surface area contributed by atoms with E-state index < -0.39 is 5.97 Å². The first kappa shape index (κ1) is 20.8. The molecule has 1 aromatic heterocycles. The Bertz CT molecular complexity index is 977. The van der Waals surface area contributed by atoms with Crippen LogP contribution in [-0.4, -0.2) is 42.0 Å². The van der Waals surface area contributed by atoms with Crippen molar-refractivity contribution in [2.24, 2.45) is 0 Å². The van der Waals surface area contributed by atoms with Gasteiger partial charge in [-0.3, -0.25) is 4.79 Å². The number of esters is 1. The number of benzene rings is 2. The molecule has 0 aliphatic rings. The summed E-state index contributed by atoms with van der Waals surface area (Å²) >= 11 is 1.55. The number of likely N-dealkylation sites (N-methyl/N-ethyl adjacent to an activating group) is 1. The van der Waals surface area contributed by atoms with Crippen LogP contribution in [0.4, 0.5) is 0 Å². The highest BCUT2D eigenvalue weighted by Crippen LogP contribution is 2.28. The summed E-state index contributed by atoms with van der Waals surface area (Å²) < 4.78 is 11.7. The lowest BCUT2D eigenvalue weighted by Crippen LogP contribution is -2.34. The first-order valence-electron chi connectivity index (χ1n) is 9.32. The van der Waals surface area contributed by atoms with Gasteiger partial charge in [0.2, 0.25) is 0 Å². The van der Waals surface area contributed by atoms with Gasteiger partial charge >= 0.3 is 5.97 Å². The Morgan fingerprint density at radius 2 is 1.76 bits per heavy atom. The topological polar surface area (TPSA) is 68.7 Å². The third-order valence-electron chi connectivity index (χ3n) is 4.74. The maximum atomic E-state index is 12.4. The minimum Gasteiger partial charge on any atom is -0.481 e. The van der Waals surface area contributed by atoms with E-state index in [1.807, 2.05) is 63.2 Å². The normalized spacial score (nSPS) is 11.9. The Balaban J connectivity index is 1.52. The highest BCUT2D eigenvalue weighted by Gasteiger charge is 2.22. The van der Waals surface area contributed by atoms with Gasteiger partial charge in [-0.2, -0.15) is 0 Å². The molecule has 0 N–H and O–H groups in total. The number of aryl methyl sites for hydroxylation is 2. The van der Waals surface area contributed by atoms with Crippen molar-refractivity contribution in [3.8, 4) is 5.75 Å². The lowest BCUT2D eigenvalue weighted by molar-refractivity contribution is -0.153. The van der Waals surface area contributed by atoms with Gasteiger partial charge in [0.05, 0.1) is 16.3 Å². The van der Waals surface area contributed by atoms with Crippen molar-refractivity contribution in [2.75, 3.05) is 20.3 Å². The van der Waals surface area contributed by atoms with Crippen LogP contribution in [0.5, 0.6) is 5.75 Å². The van der Waals surface area contributed by atoms with E-state index in [0.717, 1.165) is 26.4 Å². The number of para-hydroxylation sites is 2. The van der Waals surface area contributed by atoms with Gasteiger partial charge in [0, 0.05) is 7.05 Å². The smallest absolute Gasteiger partial charge is 0.344 e. The number of rotatable bonds is 7. The first-order chi connectivity index (χ1) is 13.9. The van der Waals surface area contributed by atoms with Crippen molar-refractivity contribution in [3.05, 3.63) is 58.6 Å². The van der Waals surface area contributed by atoms with Crippen molar-refractivity contribution in [1.82, 2.24) is 9.88 Å². The van der Waals surface area contributed by atoms with Crippen LogP contribution in [0.15, 0.2) is 42.5 Å². The number of carbonyl (C=O) groups is 2. The Kier molecular flexibility index (Phi) is 6.49. The van der Waals surface area contributed by atoms with E-state index in [4.69, 9.17) is 9.47 Å². The molecule has 1 atom stereocenters. The molecule has 2 aromatic carbocycles. The average molecular weight is 413 g/mol. The lowest BCUT2D eigenvalue weighted by Gasteiger charge is -2.23. The van der Waals surface area contributed by atoms with Crippen LogP contribution in [0.3, 0.4) is 0 Å². The summed E-state index contributed by atoms with van der Waals surface area (Å²) in [5, 5.41) is 0.840. The summed E-state index contributed by atoms with van der Waals surface area (Å²) in [6, 6.07) is 13.4. The van der Waals surface area contributed by atoms with Crippen molar-refractivity contribution < 1.29 is 19.1 Å². The van der Waals surface area contributed by atoms with Crippen LogP contribution in [-0.2, 0) is 14.3 Å². The summed E-state index contributed by atoms with van der Waals surface area (Å²) in [5.74, 6) is -0.212. The SMILES string of the molecule is Cc1cccc(C)c1OCC(=O)OCC(=O)N(C)[C@H](C)c1nc2ccccc2s1. The van der Waals surface area contributed by atoms with Crippen molar-refractivity contribution in [2.45, 2.75) is 26.8 Å². The van der Waals surface area contributed by atoms with Crippen LogP contribution < -0.4 is 4.74 Å². The number of fused-ring (bicyclic) bond motifs is 1. The van der Waals surface area contributed by atoms with Crippen LogP contribution in [0.25, 0.3) is 10.2 Å². The van der Waals surface area contributed by atoms with E-state index in [-0.39, 0.29) is 25.2 Å². The fourth-order valence-electron chi connectivity index (χ4n) is 2.89. The Labute approximate surface area is 174 Å². The Hall–Kier alpha value is -2.93. The maximum absolute atomic E-state index is 12.4. The highest BCUT2D eigenvalue weighted by molar-refractivity contribution is 7.18. The van der Waals surface area contributed by atoms with Gasteiger partial charge in [0.1, 0.15) is 10.8 Å². The van der Waals surface area contributed by atoms with Crippen molar-refractivity contribution in [1.29, 1.82) is 0 Å². The number of carbonyl (C=O) groups excluding carboxylic acids is 2. The minimum atomic E-state index is -0.581. The molecule has 7 heteroatoms. The fraction of sp³-hybridized carbons (Fsp3) is 0.318. The van der Waals surface area contributed by atoms with Crippen LogP contribution in [0.2, 0.25) is 0 Å². The van der Waals surface area contributed by atoms with Gasteiger partial charge in [-0.15, -0.1) is 11.3 Å².